The topological polar surface area (TPSA) is 3.24 Å². The fourth-order valence-electron chi connectivity index (χ4n) is 0. The standard InChI is InChI=1S/C2H11NSi2.C2H8Si/c1-3(4)5-2;1-3-2/h5H2,1-2,4H3;3H2,1-2H3. The van der Waals surface area contributed by atoms with Crippen molar-refractivity contribution >= 4 is 29.6 Å². The molecule has 0 saturated carbocycles. The summed E-state index contributed by atoms with van der Waals surface area (Å²) in [4.78, 5) is 0. The second kappa shape index (κ2) is 10.6. The van der Waals surface area contributed by atoms with Crippen LogP contribution in [0.2, 0.25) is 19.6 Å². The second-order valence-electron chi connectivity index (χ2n) is 2.10. The molecule has 0 aromatic rings. The summed E-state index contributed by atoms with van der Waals surface area (Å²) in [5.41, 5.74) is 0. The van der Waals surface area contributed by atoms with Gasteiger partial charge in [-0.15, -0.1) is 0 Å². The molecular formula is C4H19NSi3. The molecule has 0 N–H and O–H groups in total. The summed E-state index contributed by atoms with van der Waals surface area (Å²) in [5, 5.41) is 0. The first-order chi connectivity index (χ1) is 3.68. The molecule has 0 atom stereocenters. The van der Waals surface area contributed by atoms with Gasteiger partial charge in [0.2, 0.25) is 0 Å². The van der Waals surface area contributed by atoms with Gasteiger partial charge in [0, 0.05) is 9.52 Å². The third-order valence-corrected chi connectivity index (χ3v) is 3.79. The van der Waals surface area contributed by atoms with Crippen molar-refractivity contribution in [1.82, 2.24) is 4.23 Å². The zero-order valence-corrected chi connectivity index (χ0v) is 11.7. The zero-order valence-electron chi connectivity index (χ0n) is 6.86. The van der Waals surface area contributed by atoms with Crippen molar-refractivity contribution < 1.29 is 0 Å². The lowest BCUT2D eigenvalue weighted by atomic mass is 11.6. The molecule has 0 saturated heterocycles. The molecule has 0 amide bonds. The van der Waals surface area contributed by atoms with Crippen LogP contribution in [0.5, 0.6) is 0 Å². The van der Waals surface area contributed by atoms with E-state index < -0.39 is 0 Å². The Bertz CT molecular complexity index is 32.5. The Balaban J connectivity index is 0. The highest BCUT2D eigenvalue weighted by atomic mass is 28.3. The monoisotopic (exact) mass is 165 g/mol. The number of nitrogens with zero attached hydrogens (tertiary/aromatic N) is 1. The van der Waals surface area contributed by atoms with Crippen molar-refractivity contribution in [1.29, 1.82) is 0 Å². The molecule has 0 rings (SSSR count). The van der Waals surface area contributed by atoms with Crippen molar-refractivity contribution in [2.45, 2.75) is 19.6 Å². The minimum Gasteiger partial charge on any atom is -0.360 e. The average molecular weight is 165 g/mol. The van der Waals surface area contributed by atoms with Gasteiger partial charge in [0.25, 0.3) is 0 Å². The van der Waals surface area contributed by atoms with Gasteiger partial charge in [-0.05, 0) is 7.05 Å². The first-order valence-electron chi connectivity index (χ1n) is 3.33. The van der Waals surface area contributed by atoms with Crippen molar-refractivity contribution in [2.24, 2.45) is 0 Å². The van der Waals surface area contributed by atoms with Crippen LogP contribution in [0.15, 0.2) is 0 Å². The van der Waals surface area contributed by atoms with E-state index in [1.165, 1.54) is 10.4 Å². The SMILES string of the molecule is C[SiH2]C.C[SiH2]N(C)[SiH3]. The first kappa shape index (κ1) is 11.4. The minimum absolute atomic E-state index is 0.244. The molecule has 0 aliphatic rings. The summed E-state index contributed by atoms with van der Waals surface area (Å²) in [7, 11) is 4.10. The maximum Gasteiger partial charge on any atom is 0.0835 e. The van der Waals surface area contributed by atoms with Gasteiger partial charge in [0.05, 0.1) is 20.1 Å². The van der Waals surface area contributed by atoms with E-state index in [0.29, 0.717) is 9.52 Å². The highest BCUT2D eigenvalue weighted by molar-refractivity contribution is 6.39. The summed E-state index contributed by atoms with van der Waals surface area (Å²) in [5.74, 6) is 0. The van der Waals surface area contributed by atoms with E-state index in [2.05, 4.69) is 30.9 Å². The molecule has 0 bridgehead atoms. The Morgan fingerprint density at radius 1 is 1.25 bits per heavy atom. The van der Waals surface area contributed by atoms with E-state index in [9.17, 15) is 0 Å². The second-order valence-corrected chi connectivity index (χ2v) is 8.21. The molecule has 0 unspecified atom stereocenters. The average Bonchev–Trinajstić information content (AvgIpc) is 1.69. The molecule has 8 heavy (non-hydrogen) atoms. The smallest absolute Gasteiger partial charge is 0.0835 e. The minimum atomic E-state index is 0.244. The molecule has 0 aliphatic carbocycles. The molecule has 0 aliphatic heterocycles. The molecule has 0 aromatic carbocycles. The van der Waals surface area contributed by atoms with Crippen LogP contribution < -0.4 is 0 Å². The quantitative estimate of drug-likeness (QED) is 0.431. The van der Waals surface area contributed by atoms with Gasteiger partial charge < -0.3 is 4.23 Å². The maximum atomic E-state index is 2.40. The predicted molar refractivity (Wildman–Crippen MR) is 52.4 cm³/mol. The van der Waals surface area contributed by atoms with Crippen LogP contribution in [0.1, 0.15) is 0 Å². The third-order valence-electron chi connectivity index (χ3n) is 0.632. The highest BCUT2D eigenvalue weighted by Crippen LogP contribution is 1.58. The van der Waals surface area contributed by atoms with E-state index in [-0.39, 0.29) is 9.68 Å². The summed E-state index contributed by atoms with van der Waals surface area (Å²) in [6.45, 7) is 6.83. The summed E-state index contributed by atoms with van der Waals surface area (Å²) in [6.07, 6.45) is 0. The van der Waals surface area contributed by atoms with E-state index in [4.69, 9.17) is 0 Å². The Morgan fingerprint density at radius 3 is 1.38 bits per heavy atom. The van der Waals surface area contributed by atoms with Gasteiger partial charge in [-0.2, -0.15) is 0 Å². The summed E-state index contributed by atoms with van der Waals surface area (Å²) in [6, 6.07) is 0. The normalized spacial score (nSPS) is 10.1. The highest BCUT2D eigenvalue weighted by Gasteiger charge is 1.73. The van der Waals surface area contributed by atoms with Gasteiger partial charge in [-0.1, -0.05) is 19.6 Å². The van der Waals surface area contributed by atoms with Crippen molar-refractivity contribution in [3.8, 4) is 0 Å². The Hall–Kier alpha value is 0.611. The number of hydrogen-bond donors (Lipinski definition) is 0. The van der Waals surface area contributed by atoms with Gasteiger partial charge >= 0.3 is 0 Å². The van der Waals surface area contributed by atoms with Crippen LogP contribution >= 0.6 is 0 Å². The molecule has 1 nitrogen and oxygen atoms in total. The molecule has 0 fully saturated rings. The maximum absolute atomic E-state index is 2.40. The Morgan fingerprint density at radius 2 is 1.38 bits per heavy atom. The van der Waals surface area contributed by atoms with Gasteiger partial charge in [-0.25, -0.2) is 0 Å². The molecule has 4 heteroatoms. The van der Waals surface area contributed by atoms with Gasteiger partial charge in [0.1, 0.15) is 0 Å². The molecule has 0 radical (unpaired) electrons. The van der Waals surface area contributed by atoms with Crippen LogP contribution in [-0.2, 0) is 0 Å². The Kier molecular flexibility index (Phi) is 15.1. The zero-order chi connectivity index (χ0) is 6.99. The molecule has 0 spiro atoms. The van der Waals surface area contributed by atoms with Crippen molar-refractivity contribution in [3.63, 3.8) is 0 Å². The number of rotatable bonds is 1. The third kappa shape index (κ3) is 30.5. The van der Waals surface area contributed by atoms with Crippen molar-refractivity contribution in [3.05, 3.63) is 0 Å². The van der Waals surface area contributed by atoms with Crippen LogP contribution in [0, 0.1) is 0 Å². The van der Waals surface area contributed by atoms with E-state index in [1.54, 1.807) is 0 Å². The Labute approximate surface area is 61.1 Å². The van der Waals surface area contributed by atoms with E-state index in [0.717, 1.165) is 0 Å². The largest absolute Gasteiger partial charge is 0.360 e. The van der Waals surface area contributed by atoms with Crippen LogP contribution in [0.25, 0.3) is 0 Å². The van der Waals surface area contributed by atoms with E-state index >= 15 is 0 Å². The molecule has 0 aromatic heterocycles. The van der Waals surface area contributed by atoms with Crippen LogP contribution in [0.4, 0.5) is 0 Å². The lowest BCUT2D eigenvalue weighted by Gasteiger charge is -1.99. The fraction of sp³-hybridized carbons (Fsp3) is 1.00. The van der Waals surface area contributed by atoms with E-state index in [1.807, 2.05) is 0 Å². The van der Waals surface area contributed by atoms with Gasteiger partial charge in [-0.3, -0.25) is 0 Å². The van der Waals surface area contributed by atoms with Gasteiger partial charge in [0.15, 0.2) is 0 Å². The summed E-state index contributed by atoms with van der Waals surface area (Å²) >= 11 is 0. The molecule has 0 heterocycles. The molecular weight excluding hydrogens is 146 g/mol. The molecule has 52 valence electrons. The summed E-state index contributed by atoms with van der Waals surface area (Å²) < 4.78 is 2.40. The van der Waals surface area contributed by atoms with Crippen LogP contribution in [-0.4, -0.2) is 40.9 Å². The lowest BCUT2D eigenvalue weighted by molar-refractivity contribution is 0.872. The lowest BCUT2D eigenvalue weighted by Crippen LogP contribution is -2.14. The first-order valence-corrected chi connectivity index (χ1v) is 9.10. The number of hydrogen-bond acceptors (Lipinski definition) is 1. The van der Waals surface area contributed by atoms with Crippen molar-refractivity contribution in [2.75, 3.05) is 7.05 Å². The predicted octanol–water partition coefficient (Wildman–Crippen LogP) is -1.42. The van der Waals surface area contributed by atoms with Crippen LogP contribution in [0.3, 0.4) is 0 Å². The fourth-order valence-corrected chi connectivity index (χ4v) is 0.